The molecule has 1 atom stereocenters. The highest BCUT2D eigenvalue weighted by atomic mass is 16.6. The molecule has 6 heteroatoms. The van der Waals surface area contributed by atoms with E-state index in [1.165, 1.54) is 340 Å². The number of esters is 3. The summed E-state index contributed by atoms with van der Waals surface area (Å²) in [5.74, 6) is -0.835. The van der Waals surface area contributed by atoms with Crippen LogP contribution in [0.5, 0.6) is 0 Å². The Morgan fingerprint density at radius 3 is 0.610 bits per heavy atom. The Morgan fingerprint density at radius 1 is 0.232 bits per heavy atom. The number of allylic oxidation sites excluding steroid dienone is 2. The first-order chi connectivity index (χ1) is 40.5. The lowest BCUT2D eigenvalue weighted by Gasteiger charge is -2.18. The number of hydrogen-bond donors (Lipinski definition) is 0. The molecule has 0 saturated carbocycles. The molecule has 0 saturated heterocycles. The van der Waals surface area contributed by atoms with E-state index in [4.69, 9.17) is 14.2 Å². The summed E-state index contributed by atoms with van der Waals surface area (Å²) in [7, 11) is 0. The topological polar surface area (TPSA) is 78.9 Å². The van der Waals surface area contributed by atoms with Gasteiger partial charge in [0.05, 0.1) is 0 Å². The SMILES string of the molecule is CCCCCCCCC/C=C\CCCCCCCCCC(=O)OC(COC(=O)CCCCCCCCCCCCCC)COC(=O)CCCCCCCCCCCCCCCCCCCCCCCCCCCCCCCCCCCC. The van der Waals surface area contributed by atoms with Crippen molar-refractivity contribution >= 4 is 17.9 Å². The van der Waals surface area contributed by atoms with E-state index in [9.17, 15) is 14.4 Å². The predicted molar refractivity (Wildman–Crippen MR) is 358 cm³/mol. The summed E-state index contributed by atoms with van der Waals surface area (Å²) in [5.41, 5.74) is 0. The first-order valence-corrected chi connectivity index (χ1v) is 37.7. The van der Waals surface area contributed by atoms with E-state index in [2.05, 4.69) is 32.9 Å². The van der Waals surface area contributed by atoms with Crippen molar-refractivity contribution in [1.82, 2.24) is 0 Å². The zero-order valence-electron chi connectivity index (χ0n) is 56.1. The largest absolute Gasteiger partial charge is 0.462 e. The summed E-state index contributed by atoms with van der Waals surface area (Å²) in [6, 6.07) is 0. The maximum Gasteiger partial charge on any atom is 0.306 e. The van der Waals surface area contributed by atoms with Gasteiger partial charge in [-0.05, 0) is 44.9 Å². The van der Waals surface area contributed by atoms with Crippen molar-refractivity contribution in [3.05, 3.63) is 12.2 Å². The molecular formula is C76H146O6. The van der Waals surface area contributed by atoms with Crippen LogP contribution in [0.4, 0.5) is 0 Å². The quantitative estimate of drug-likeness (QED) is 0.0261. The fraction of sp³-hybridized carbons (Fsp3) is 0.934. The molecule has 82 heavy (non-hydrogen) atoms. The van der Waals surface area contributed by atoms with Gasteiger partial charge in [-0.25, -0.2) is 0 Å². The average Bonchev–Trinajstić information content (AvgIpc) is 3.47. The molecule has 0 aliphatic carbocycles. The highest BCUT2D eigenvalue weighted by molar-refractivity contribution is 5.71. The Kier molecular flexibility index (Phi) is 70.0. The lowest BCUT2D eigenvalue weighted by atomic mass is 10.0. The van der Waals surface area contributed by atoms with Crippen LogP contribution >= 0.6 is 0 Å². The summed E-state index contributed by atoms with van der Waals surface area (Å²) in [6.45, 7) is 6.72. The molecule has 0 rings (SSSR count). The molecule has 0 spiro atoms. The Labute approximate surface area is 513 Å². The van der Waals surface area contributed by atoms with Gasteiger partial charge in [0.2, 0.25) is 0 Å². The van der Waals surface area contributed by atoms with Gasteiger partial charge in [0.1, 0.15) is 13.2 Å². The molecular weight excluding hydrogens is 1010 g/mol. The van der Waals surface area contributed by atoms with Gasteiger partial charge in [-0.15, -0.1) is 0 Å². The third-order valence-corrected chi connectivity index (χ3v) is 17.5. The minimum absolute atomic E-state index is 0.0650. The van der Waals surface area contributed by atoms with E-state index in [1.807, 2.05) is 0 Å². The van der Waals surface area contributed by atoms with E-state index >= 15 is 0 Å². The third-order valence-electron chi connectivity index (χ3n) is 17.5. The molecule has 0 bridgehead atoms. The van der Waals surface area contributed by atoms with Gasteiger partial charge in [-0.3, -0.25) is 14.4 Å². The monoisotopic (exact) mass is 1160 g/mol. The van der Waals surface area contributed by atoms with Crippen LogP contribution in [0.25, 0.3) is 0 Å². The molecule has 0 aromatic carbocycles. The van der Waals surface area contributed by atoms with Gasteiger partial charge < -0.3 is 14.2 Å². The number of unbranched alkanes of at least 4 members (excludes halogenated alkanes) is 58. The summed E-state index contributed by atoms with van der Waals surface area (Å²) in [5, 5.41) is 0. The summed E-state index contributed by atoms with van der Waals surface area (Å²) in [6.07, 6.45) is 87.1. The molecule has 0 amide bonds. The van der Waals surface area contributed by atoms with Crippen molar-refractivity contribution in [1.29, 1.82) is 0 Å². The molecule has 0 aromatic heterocycles. The summed E-state index contributed by atoms with van der Waals surface area (Å²) in [4.78, 5) is 38.4. The number of hydrogen-bond acceptors (Lipinski definition) is 6. The Hall–Kier alpha value is -1.85. The van der Waals surface area contributed by atoms with Gasteiger partial charge in [-0.1, -0.05) is 386 Å². The van der Waals surface area contributed by atoms with E-state index in [0.29, 0.717) is 19.3 Å². The fourth-order valence-electron chi connectivity index (χ4n) is 11.9. The van der Waals surface area contributed by atoms with Crippen LogP contribution in [0, 0.1) is 0 Å². The van der Waals surface area contributed by atoms with Crippen LogP contribution in [0.3, 0.4) is 0 Å². The van der Waals surface area contributed by atoms with E-state index in [1.54, 1.807) is 0 Å². The van der Waals surface area contributed by atoms with Gasteiger partial charge in [-0.2, -0.15) is 0 Å². The van der Waals surface area contributed by atoms with Crippen molar-refractivity contribution in [3.8, 4) is 0 Å². The standard InChI is InChI=1S/C76H146O6/c1-4-7-10-13-16-19-22-25-27-29-31-32-33-34-35-36-37-38-39-40-41-42-43-44-45-46-48-49-51-54-57-60-63-66-69-75(78)81-72-73(71-80-74(77)68-65-62-59-56-53-24-21-18-15-12-9-6-3)82-76(79)70-67-64-61-58-55-52-50-47-30-28-26-23-20-17-14-11-8-5-2/h28,30,73H,4-27,29,31-72H2,1-3H3/b30-28-. The number of rotatable bonds is 71. The minimum Gasteiger partial charge on any atom is -0.462 e. The molecule has 0 aromatic rings. The first kappa shape index (κ1) is 80.2. The maximum atomic E-state index is 12.9. The van der Waals surface area contributed by atoms with E-state index in [0.717, 1.165) is 57.8 Å². The molecule has 0 heterocycles. The van der Waals surface area contributed by atoms with Crippen molar-refractivity contribution in [2.45, 2.75) is 444 Å². The molecule has 0 aliphatic heterocycles. The van der Waals surface area contributed by atoms with Crippen molar-refractivity contribution in [3.63, 3.8) is 0 Å². The van der Waals surface area contributed by atoms with Crippen LogP contribution in [-0.2, 0) is 28.6 Å². The van der Waals surface area contributed by atoms with Gasteiger partial charge in [0.25, 0.3) is 0 Å². The highest BCUT2D eigenvalue weighted by Crippen LogP contribution is 2.20. The van der Waals surface area contributed by atoms with E-state index in [-0.39, 0.29) is 31.1 Å². The molecule has 0 radical (unpaired) electrons. The Bertz CT molecular complexity index is 1280. The van der Waals surface area contributed by atoms with Crippen LogP contribution in [0.15, 0.2) is 12.2 Å². The number of carbonyl (C=O) groups excluding carboxylic acids is 3. The van der Waals surface area contributed by atoms with Crippen LogP contribution < -0.4 is 0 Å². The van der Waals surface area contributed by atoms with Crippen molar-refractivity contribution < 1.29 is 28.6 Å². The molecule has 0 aliphatic rings. The Morgan fingerprint density at radius 2 is 0.402 bits per heavy atom. The first-order valence-electron chi connectivity index (χ1n) is 37.7. The zero-order valence-corrected chi connectivity index (χ0v) is 56.1. The lowest BCUT2D eigenvalue weighted by Crippen LogP contribution is -2.30. The molecule has 0 N–H and O–H groups in total. The lowest BCUT2D eigenvalue weighted by molar-refractivity contribution is -0.167. The average molecular weight is 1160 g/mol. The smallest absolute Gasteiger partial charge is 0.306 e. The van der Waals surface area contributed by atoms with Crippen molar-refractivity contribution in [2.24, 2.45) is 0 Å². The second-order valence-electron chi connectivity index (χ2n) is 25.9. The highest BCUT2D eigenvalue weighted by Gasteiger charge is 2.20. The van der Waals surface area contributed by atoms with Crippen molar-refractivity contribution in [2.75, 3.05) is 13.2 Å². The van der Waals surface area contributed by atoms with Gasteiger partial charge in [0, 0.05) is 19.3 Å². The minimum atomic E-state index is -0.769. The molecule has 486 valence electrons. The summed E-state index contributed by atoms with van der Waals surface area (Å²) >= 11 is 0. The second kappa shape index (κ2) is 71.6. The zero-order chi connectivity index (χ0) is 59.2. The number of ether oxygens (including phenoxy) is 3. The van der Waals surface area contributed by atoms with Gasteiger partial charge >= 0.3 is 17.9 Å². The second-order valence-corrected chi connectivity index (χ2v) is 25.9. The normalized spacial score (nSPS) is 12.0. The molecule has 0 fully saturated rings. The van der Waals surface area contributed by atoms with Crippen LogP contribution in [-0.4, -0.2) is 37.2 Å². The number of carbonyl (C=O) groups is 3. The van der Waals surface area contributed by atoms with Crippen LogP contribution in [0.1, 0.15) is 438 Å². The van der Waals surface area contributed by atoms with E-state index < -0.39 is 6.10 Å². The van der Waals surface area contributed by atoms with Gasteiger partial charge in [0.15, 0.2) is 6.10 Å². The maximum absolute atomic E-state index is 12.9. The fourth-order valence-corrected chi connectivity index (χ4v) is 11.9. The summed E-state index contributed by atoms with van der Waals surface area (Å²) < 4.78 is 17.0. The van der Waals surface area contributed by atoms with Crippen LogP contribution in [0.2, 0.25) is 0 Å². The predicted octanol–water partition coefficient (Wildman–Crippen LogP) is 26.0. The Balaban J connectivity index is 4.05. The molecule has 1 unspecified atom stereocenters. The third kappa shape index (κ3) is 68.9. The molecule has 6 nitrogen and oxygen atoms in total.